The maximum Gasteiger partial charge on any atom is 0.119 e. The van der Waals surface area contributed by atoms with Gasteiger partial charge in [0, 0.05) is 11.6 Å². The van der Waals surface area contributed by atoms with E-state index >= 15 is 0 Å². The Morgan fingerprint density at radius 3 is 2.73 bits per heavy atom. The van der Waals surface area contributed by atoms with Crippen molar-refractivity contribution in [3.8, 4) is 5.75 Å². The Bertz CT molecular complexity index is 480. The Labute approximate surface area is 88.3 Å². The Balaban J connectivity index is 2.55. The van der Waals surface area contributed by atoms with Crippen molar-refractivity contribution in [3.05, 3.63) is 36.2 Å². The maximum atomic E-state index is 9.40. The standard InChI is InChI=1S/C12H13NO2/c1-8(14)12-6-9-3-4-11(15-2)5-10(9)7-13-12/h3-8,14H,1-2H3. The van der Waals surface area contributed by atoms with E-state index in [9.17, 15) is 5.11 Å². The lowest BCUT2D eigenvalue weighted by molar-refractivity contribution is 0.194. The van der Waals surface area contributed by atoms with Gasteiger partial charge in [-0.3, -0.25) is 4.98 Å². The van der Waals surface area contributed by atoms with Gasteiger partial charge in [-0.2, -0.15) is 0 Å². The molecule has 2 aromatic rings. The van der Waals surface area contributed by atoms with Gasteiger partial charge in [0.05, 0.1) is 18.9 Å². The summed E-state index contributed by atoms with van der Waals surface area (Å²) < 4.78 is 5.12. The van der Waals surface area contributed by atoms with Gasteiger partial charge in [-0.25, -0.2) is 0 Å². The SMILES string of the molecule is COc1ccc2cc(C(C)O)ncc2c1. The summed E-state index contributed by atoms with van der Waals surface area (Å²) in [7, 11) is 1.64. The lowest BCUT2D eigenvalue weighted by Crippen LogP contribution is -1.94. The zero-order chi connectivity index (χ0) is 10.8. The molecule has 0 amide bonds. The quantitative estimate of drug-likeness (QED) is 0.814. The van der Waals surface area contributed by atoms with E-state index in [0.29, 0.717) is 5.69 Å². The third-order valence-electron chi connectivity index (χ3n) is 2.38. The molecule has 0 radical (unpaired) electrons. The molecule has 78 valence electrons. The zero-order valence-electron chi connectivity index (χ0n) is 8.77. The molecule has 0 bridgehead atoms. The topological polar surface area (TPSA) is 42.4 Å². The maximum absolute atomic E-state index is 9.40. The van der Waals surface area contributed by atoms with Crippen molar-refractivity contribution in [1.29, 1.82) is 0 Å². The predicted octanol–water partition coefficient (Wildman–Crippen LogP) is 2.30. The molecule has 3 nitrogen and oxygen atoms in total. The summed E-state index contributed by atoms with van der Waals surface area (Å²) in [5.74, 6) is 0.814. The molecule has 1 atom stereocenters. The highest BCUT2D eigenvalue weighted by Crippen LogP contribution is 2.22. The van der Waals surface area contributed by atoms with Crippen LogP contribution in [0.2, 0.25) is 0 Å². The van der Waals surface area contributed by atoms with E-state index in [2.05, 4.69) is 4.98 Å². The summed E-state index contributed by atoms with van der Waals surface area (Å²) in [4.78, 5) is 4.18. The Morgan fingerprint density at radius 2 is 2.07 bits per heavy atom. The number of hydrogen-bond acceptors (Lipinski definition) is 3. The third-order valence-corrected chi connectivity index (χ3v) is 2.38. The first-order valence-electron chi connectivity index (χ1n) is 4.82. The Kier molecular flexibility index (Phi) is 2.56. The van der Waals surface area contributed by atoms with E-state index in [1.807, 2.05) is 24.3 Å². The normalized spacial score (nSPS) is 12.7. The van der Waals surface area contributed by atoms with Gasteiger partial charge in [-0.15, -0.1) is 0 Å². The lowest BCUT2D eigenvalue weighted by Gasteiger charge is -2.06. The monoisotopic (exact) mass is 203 g/mol. The van der Waals surface area contributed by atoms with Crippen LogP contribution in [0.5, 0.6) is 5.75 Å². The minimum atomic E-state index is -0.531. The van der Waals surface area contributed by atoms with E-state index < -0.39 is 6.10 Å². The van der Waals surface area contributed by atoms with Crippen LogP contribution in [0.4, 0.5) is 0 Å². The molecule has 1 heterocycles. The number of aliphatic hydroxyl groups is 1. The van der Waals surface area contributed by atoms with E-state index in [4.69, 9.17) is 4.74 Å². The summed E-state index contributed by atoms with van der Waals surface area (Å²) >= 11 is 0. The van der Waals surface area contributed by atoms with Gasteiger partial charge in [0.15, 0.2) is 0 Å². The molecule has 15 heavy (non-hydrogen) atoms. The van der Waals surface area contributed by atoms with Crippen LogP contribution < -0.4 is 4.74 Å². The number of ether oxygens (including phenoxy) is 1. The second-order valence-corrected chi connectivity index (χ2v) is 3.50. The smallest absolute Gasteiger partial charge is 0.119 e. The highest BCUT2D eigenvalue weighted by molar-refractivity contribution is 5.83. The second-order valence-electron chi connectivity index (χ2n) is 3.50. The molecule has 3 heteroatoms. The number of fused-ring (bicyclic) bond motifs is 1. The molecule has 0 aliphatic rings. The predicted molar refractivity (Wildman–Crippen MR) is 58.9 cm³/mol. The van der Waals surface area contributed by atoms with Gasteiger partial charge >= 0.3 is 0 Å². The fraction of sp³-hybridized carbons (Fsp3) is 0.250. The van der Waals surface area contributed by atoms with Crippen LogP contribution in [-0.4, -0.2) is 17.2 Å². The molecule has 0 aliphatic carbocycles. The third kappa shape index (κ3) is 1.92. The van der Waals surface area contributed by atoms with E-state index in [-0.39, 0.29) is 0 Å². The number of hydrogen-bond donors (Lipinski definition) is 1. The van der Waals surface area contributed by atoms with Crippen molar-refractivity contribution < 1.29 is 9.84 Å². The van der Waals surface area contributed by atoms with Crippen LogP contribution in [0.25, 0.3) is 10.8 Å². The van der Waals surface area contributed by atoms with E-state index in [1.165, 1.54) is 0 Å². The molecular formula is C12H13NO2. The van der Waals surface area contributed by atoms with Gasteiger partial charge in [0.1, 0.15) is 5.75 Å². The molecule has 0 saturated carbocycles. The molecule has 0 spiro atoms. The van der Waals surface area contributed by atoms with Crippen LogP contribution in [-0.2, 0) is 0 Å². The van der Waals surface area contributed by atoms with E-state index in [0.717, 1.165) is 16.5 Å². The molecule has 0 fully saturated rings. The van der Waals surface area contributed by atoms with Gasteiger partial charge in [0.25, 0.3) is 0 Å². The number of aromatic nitrogens is 1. The fourth-order valence-electron chi connectivity index (χ4n) is 1.49. The van der Waals surface area contributed by atoms with E-state index in [1.54, 1.807) is 20.2 Å². The van der Waals surface area contributed by atoms with Gasteiger partial charge in [0.2, 0.25) is 0 Å². The minimum Gasteiger partial charge on any atom is -0.497 e. The van der Waals surface area contributed by atoms with Gasteiger partial charge in [-0.1, -0.05) is 6.07 Å². The van der Waals surface area contributed by atoms with Crippen molar-refractivity contribution in [3.63, 3.8) is 0 Å². The molecule has 1 N–H and O–H groups in total. The fourth-order valence-corrected chi connectivity index (χ4v) is 1.49. The Morgan fingerprint density at radius 1 is 1.27 bits per heavy atom. The number of methoxy groups -OCH3 is 1. The average Bonchev–Trinajstić information content (AvgIpc) is 2.27. The number of benzene rings is 1. The van der Waals surface area contributed by atoms with Crippen molar-refractivity contribution in [2.75, 3.05) is 7.11 Å². The van der Waals surface area contributed by atoms with Crippen LogP contribution >= 0.6 is 0 Å². The largest absolute Gasteiger partial charge is 0.497 e. The molecule has 2 rings (SSSR count). The summed E-state index contributed by atoms with van der Waals surface area (Å²) in [5.41, 5.74) is 0.688. The molecule has 1 aromatic carbocycles. The van der Waals surface area contributed by atoms with Crippen LogP contribution in [0, 0.1) is 0 Å². The number of aliphatic hydroxyl groups excluding tert-OH is 1. The van der Waals surface area contributed by atoms with Crippen molar-refractivity contribution in [1.82, 2.24) is 4.98 Å². The van der Waals surface area contributed by atoms with Crippen molar-refractivity contribution in [2.24, 2.45) is 0 Å². The average molecular weight is 203 g/mol. The zero-order valence-corrected chi connectivity index (χ0v) is 8.77. The van der Waals surface area contributed by atoms with Crippen molar-refractivity contribution >= 4 is 10.8 Å². The van der Waals surface area contributed by atoms with Crippen LogP contribution in [0.3, 0.4) is 0 Å². The summed E-state index contributed by atoms with van der Waals surface area (Å²) in [5, 5.41) is 11.5. The number of nitrogens with zero attached hydrogens (tertiary/aromatic N) is 1. The summed E-state index contributed by atoms with van der Waals surface area (Å²) in [6.07, 6.45) is 1.22. The summed E-state index contributed by atoms with van der Waals surface area (Å²) in [6, 6.07) is 7.67. The lowest BCUT2D eigenvalue weighted by atomic mass is 10.1. The van der Waals surface area contributed by atoms with Crippen molar-refractivity contribution in [2.45, 2.75) is 13.0 Å². The van der Waals surface area contributed by atoms with Gasteiger partial charge < -0.3 is 9.84 Å². The number of pyridine rings is 1. The first-order chi connectivity index (χ1) is 7.20. The van der Waals surface area contributed by atoms with Crippen LogP contribution in [0.15, 0.2) is 30.5 Å². The van der Waals surface area contributed by atoms with Crippen LogP contribution in [0.1, 0.15) is 18.7 Å². The second kappa shape index (κ2) is 3.87. The molecule has 0 aliphatic heterocycles. The minimum absolute atomic E-state index is 0.531. The highest BCUT2D eigenvalue weighted by atomic mass is 16.5. The first-order valence-corrected chi connectivity index (χ1v) is 4.82. The summed E-state index contributed by atoms with van der Waals surface area (Å²) in [6.45, 7) is 1.71. The highest BCUT2D eigenvalue weighted by Gasteiger charge is 2.04. The molecule has 0 saturated heterocycles. The van der Waals surface area contributed by atoms with Gasteiger partial charge in [-0.05, 0) is 30.5 Å². The number of rotatable bonds is 2. The molecule has 1 aromatic heterocycles. The Hall–Kier alpha value is -1.61. The molecular weight excluding hydrogens is 190 g/mol. The molecule has 1 unspecified atom stereocenters. The first kappa shape index (κ1) is 9.93.